The van der Waals surface area contributed by atoms with Gasteiger partial charge in [0.2, 0.25) is 0 Å². The molecule has 0 saturated carbocycles. The monoisotopic (exact) mass is 262 g/mol. The van der Waals surface area contributed by atoms with Crippen LogP contribution in [-0.4, -0.2) is 0 Å². The number of hydrogen-bond donors (Lipinski definition) is 0. The Labute approximate surface area is 97.0 Å². The first-order valence-electron chi connectivity index (χ1n) is 0.114. The van der Waals surface area contributed by atoms with E-state index in [1.54, 1.807) is 0 Å². The molecular weight excluding hydrogens is 264 g/mol. The van der Waals surface area contributed by atoms with Crippen LogP contribution in [0.1, 0.15) is 0 Å². The Hall–Kier alpha value is 3.13. The molecule has 0 aromatic carbocycles. The van der Waals surface area contributed by atoms with Gasteiger partial charge in [-0.2, -0.15) is 0 Å². The molecule has 0 saturated heterocycles. The first-order valence-corrected chi connectivity index (χ1v) is 2.02. The number of halogens is 2. The first kappa shape index (κ1) is 15.7. The summed E-state index contributed by atoms with van der Waals surface area (Å²) in [6.07, 6.45) is 0. The minimum Gasteiger partial charge on any atom is 1.00 e. The molecule has 0 aromatic rings. The van der Waals surface area contributed by atoms with Crippen LogP contribution in [-0.2, 0) is 20.0 Å². The topological polar surface area (TPSA) is 0 Å². The fraction of sp³-hybridized carbons (Fsp3) is 0. The zero-order valence-corrected chi connectivity index (χ0v) is 9.97. The van der Waals surface area contributed by atoms with Crippen LogP contribution in [0.3, 0.4) is 0 Å². The molecule has 0 bridgehead atoms. The van der Waals surface area contributed by atoms with Gasteiger partial charge in [-0.15, -0.1) is 0 Å². The number of rotatable bonds is 0. The van der Waals surface area contributed by atoms with Gasteiger partial charge in [0.05, 0.1) is 0 Å². The van der Waals surface area contributed by atoms with Crippen LogP contribution in [0.5, 0.6) is 0 Å². The maximum absolute atomic E-state index is 4.45. The fourth-order valence-corrected chi connectivity index (χ4v) is 0. The standard InChI is InChI=1S/Ag.2ClH.Rb/h;2*1H;/q+1;;;+1/p-2. The molecule has 26 valence electrons. The Kier molecular flexibility index (Phi) is 64.7. The third kappa shape index (κ3) is 8.93. The Bertz CT molecular complexity index is 6.00. The molecule has 0 rings (SSSR count). The predicted octanol–water partition coefficient (Wildman–Crippen LogP) is -5.30. The Morgan fingerprint density at radius 1 is 1.25 bits per heavy atom. The van der Waals surface area contributed by atoms with E-state index in [0.717, 1.165) is 0 Å². The summed E-state index contributed by atoms with van der Waals surface area (Å²) in [6, 6.07) is 0. The summed E-state index contributed by atoms with van der Waals surface area (Å²) in [6.45, 7) is 0. The molecule has 0 atom stereocenters. The third-order valence-corrected chi connectivity index (χ3v) is 0. The Morgan fingerprint density at radius 2 is 1.25 bits per heavy atom. The quantitative estimate of drug-likeness (QED) is 0.383. The minimum absolute atomic E-state index is 0. The molecule has 0 aromatic heterocycles. The van der Waals surface area contributed by atoms with Crippen LogP contribution < -0.4 is 70.6 Å². The van der Waals surface area contributed by atoms with Crippen LogP contribution in [0.15, 0.2) is 0 Å². The molecular formula is AgCl2Rb. The van der Waals surface area contributed by atoms with Crippen molar-refractivity contribution in [1.29, 1.82) is 0 Å². The van der Waals surface area contributed by atoms with Crippen molar-refractivity contribution in [2.75, 3.05) is 0 Å². The Balaban J connectivity index is -0.00000000500. The van der Waals surface area contributed by atoms with Gasteiger partial charge in [-0.1, -0.05) is 0 Å². The van der Waals surface area contributed by atoms with Crippen molar-refractivity contribution in [2.24, 2.45) is 0 Å². The molecule has 0 amide bonds. The molecule has 4 heavy (non-hydrogen) atoms. The first-order chi connectivity index (χ1) is 1.00. The number of hydrogen-bond acceptors (Lipinski definition) is 0. The van der Waals surface area contributed by atoms with Crippen LogP contribution in [0, 0.1) is 0 Å². The van der Waals surface area contributed by atoms with Crippen LogP contribution in [0.25, 0.3) is 0 Å². The molecule has 0 nitrogen and oxygen atoms in total. The second kappa shape index (κ2) is 16.5. The average Bonchev–Trinajstić information content (AvgIpc) is 1.00. The van der Waals surface area contributed by atoms with E-state index in [9.17, 15) is 0 Å². The predicted molar refractivity (Wildman–Crippen MR) is 5.85 cm³/mol. The van der Waals surface area contributed by atoms with Crippen molar-refractivity contribution >= 4 is 9.19 Å². The van der Waals surface area contributed by atoms with Gasteiger partial charge in [0.25, 0.3) is 0 Å². The molecule has 0 radical (unpaired) electrons. The van der Waals surface area contributed by atoms with Crippen LogP contribution in [0.2, 0.25) is 0 Å². The summed E-state index contributed by atoms with van der Waals surface area (Å²) in [5.41, 5.74) is 0. The third-order valence-electron chi connectivity index (χ3n) is 0. The molecule has 0 fully saturated rings. The molecule has 0 aliphatic heterocycles. The van der Waals surface area contributed by atoms with Gasteiger partial charge in [-0.3, -0.25) is 0 Å². The minimum atomic E-state index is 0. The molecule has 4 heteroatoms. The van der Waals surface area contributed by atoms with E-state index in [1.807, 2.05) is 0 Å². The van der Waals surface area contributed by atoms with Crippen LogP contribution in [0.4, 0.5) is 0 Å². The molecule has 0 aliphatic rings. The summed E-state index contributed by atoms with van der Waals surface area (Å²) in [7, 11) is 4.45. The van der Waals surface area contributed by atoms with E-state index < -0.39 is 0 Å². The maximum atomic E-state index is 4.45. The van der Waals surface area contributed by atoms with Crippen molar-refractivity contribution in [3.8, 4) is 0 Å². The summed E-state index contributed by atoms with van der Waals surface area (Å²) in [5, 5.41) is 0. The average molecular weight is 264 g/mol. The van der Waals surface area contributed by atoms with Gasteiger partial charge < -0.3 is 12.4 Å². The Morgan fingerprint density at radius 3 is 1.25 bits per heavy atom. The fourth-order valence-electron chi connectivity index (χ4n) is 0. The van der Waals surface area contributed by atoms with E-state index in [2.05, 4.69) is 29.2 Å². The van der Waals surface area contributed by atoms with Gasteiger partial charge in [-0.25, -0.2) is 0 Å². The van der Waals surface area contributed by atoms with E-state index in [1.165, 1.54) is 0 Å². The summed E-state index contributed by atoms with van der Waals surface area (Å²) in [4.78, 5) is 0. The van der Waals surface area contributed by atoms with E-state index >= 15 is 0 Å². The van der Waals surface area contributed by atoms with E-state index in [4.69, 9.17) is 0 Å². The van der Waals surface area contributed by atoms with Crippen molar-refractivity contribution in [2.45, 2.75) is 0 Å². The molecule has 0 heterocycles. The van der Waals surface area contributed by atoms with Crippen LogP contribution >= 0.6 is 9.19 Å². The molecule has 0 unspecified atom stereocenters. The summed E-state index contributed by atoms with van der Waals surface area (Å²) >= 11 is 2.42. The zero-order chi connectivity index (χ0) is 2.00. The SMILES string of the molecule is [Cl-].[Cl][Ag].[Rb+]. The van der Waals surface area contributed by atoms with Crippen molar-refractivity contribution in [3.63, 3.8) is 0 Å². The zero-order valence-electron chi connectivity index (χ0n) is 2.06. The largest absolute Gasteiger partial charge is 1.00 e. The van der Waals surface area contributed by atoms with Gasteiger partial charge in [0.1, 0.15) is 0 Å². The van der Waals surface area contributed by atoms with E-state index in [0.29, 0.717) is 0 Å². The molecule has 0 aliphatic carbocycles. The van der Waals surface area contributed by atoms with Gasteiger partial charge in [0.15, 0.2) is 0 Å². The second-order valence-corrected chi connectivity index (χ2v) is 0. The van der Waals surface area contributed by atoms with Gasteiger partial charge >= 0.3 is 87.4 Å². The smallest absolute Gasteiger partial charge is 1.00 e. The summed E-state index contributed by atoms with van der Waals surface area (Å²) < 4.78 is 0. The second-order valence-electron chi connectivity index (χ2n) is 0. The summed E-state index contributed by atoms with van der Waals surface area (Å²) in [5.74, 6) is 0. The van der Waals surface area contributed by atoms with E-state index in [-0.39, 0.29) is 70.6 Å². The van der Waals surface area contributed by atoms with Gasteiger partial charge in [-0.05, 0) is 0 Å². The van der Waals surface area contributed by atoms with Crippen molar-refractivity contribution in [3.05, 3.63) is 0 Å². The van der Waals surface area contributed by atoms with Gasteiger partial charge in [0, 0.05) is 0 Å². The van der Waals surface area contributed by atoms with Crippen molar-refractivity contribution < 1.29 is 90.6 Å². The normalized spacial score (nSPS) is 1.75. The molecule has 0 N–H and O–H groups in total. The maximum Gasteiger partial charge on any atom is 1.00 e. The van der Waals surface area contributed by atoms with Crippen molar-refractivity contribution in [1.82, 2.24) is 0 Å². The molecule has 0 spiro atoms.